The Hall–Kier alpha value is -2.21. The van der Waals surface area contributed by atoms with Crippen LogP contribution in [0.5, 0.6) is 0 Å². The lowest BCUT2D eigenvalue weighted by Crippen LogP contribution is -2.10. The van der Waals surface area contributed by atoms with Crippen molar-refractivity contribution in [1.29, 1.82) is 0 Å². The summed E-state index contributed by atoms with van der Waals surface area (Å²) < 4.78 is 17.7. The molecule has 2 rings (SSSR count). The molecule has 1 aromatic heterocycles. The molecule has 0 fully saturated rings. The Morgan fingerprint density at radius 3 is 2.45 bits per heavy atom. The monoisotopic (exact) mass is 293 g/mol. The van der Waals surface area contributed by atoms with Crippen molar-refractivity contribution in [2.45, 2.75) is 6.92 Å². The van der Waals surface area contributed by atoms with Gasteiger partial charge in [0.05, 0.1) is 7.11 Å². The highest BCUT2D eigenvalue weighted by Gasteiger charge is 2.21. The van der Waals surface area contributed by atoms with Crippen molar-refractivity contribution in [3.8, 4) is 11.1 Å². The maximum Gasteiger partial charge on any atom is 0.341 e. The molecule has 0 saturated carbocycles. The van der Waals surface area contributed by atoms with Gasteiger partial charge in [-0.05, 0) is 17.7 Å². The van der Waals surface area contributed by atoms with E-state index in [1.165, 1.54) is 37.5 Å². The molecule has 104 valence electrons. The smallest absolute Gasteiger partial charge is 0.341 e. The Balaban J connectivity index is 2.52. The van der Waals surface area contributed by atoms with Crippen LogP contribution in [0.2, 0.25) is 0 Å². The van der Waals surface area contributed by atoms with E-state index in [2.05, 4.69) is 5.32 Å². The van der Waals surface area contributed by atoms with Crippen LogP contribution in [0.4, 0.5) is 9.39 Å². The van der Waals surface area contributed by atoms with Crippen LogP contribution in [0.25, 0.3) is 11.1 Å². The van der Waals surface area contributed by atoms with Crippen LogP contribution in [-0.2, 0) is 9.53 Å². The van der Waals surface area contributed by atoms with Gasteiger partial charge in [0.2, 0.25) is 5.91 Å². The van der Waals surface area contributed by atoms with Crippen LogP contribution < -0.4 is 5.32 Å². The molecule has 2 aromatic rings. The molecule has 0 spiro atoms. The van der Waals surface area contributed by atoms with Crippen LogP contribution >= 0.6 is 11.3 Å². The average molecular weight is 293 g/mol. The second-order valence-electron chi connectivity index (χ2n) is 4.03. The third kappa shape index (κ3) is 2.85. The summed E-state index contributed by atoms with van der Waals surface area (Å²) in [6.07, 6.45) is 0. The molecular weight excluding hydrogens is 281 g/mol. The fraction of sp³-hybridized carbons (Fsp3) is 0.143. The van der Waals surface area contributed by atoms with E-state index in [1.54, 1.807) is 17.5 Å². The Morgan fingerprint density at radius 1 is 1.25 bits per heavy atom. The first-order chi connectivity index (χ1) is 9.52. The van der Waals surface area contributed by atoms with Crippen molar-refractivity contribution >= 4 is 28.2 Å². The highest BCUT2D eigenvalue weighted by Crippen LogP contribution is 2.36. The quantitative estimate of drug-likeness (QED) is 0.883. The van der Waals surface area contributed by atoms with Crippen LogP contribution in [0.3, 0.4) is 0 Å². The van der Waals surface area contributed by atoms with Gasteiger partial charge in [-0.3, -0.25) is 4.79 Å². The molecule has 6 heteroatoms. The molecular formula is C14H12FNO3S. The molecule has 1 N–H and O–H groups in total. The highest BCUT2D eigenvalue weighted by atomic mass is 32.1. The summed E-state index contributed by atoms with van der Waals surface area (Å²) in [6.45, 7) is 1.36. The van der Waals surface area contributed by atoms with E-state index >= 15 is 0 Å². The van der Waals surface area contributed by atoms with Gasteiger partial charge in [-0.15, -0.1) is 11.3 Å². The number of esters is 1. The number of hydrogen-bond acceptors (Lipinski definition) is 4. The average Bonchev–Trinajstić information content (AvgIpc) is 2.81. The van der Waals surface area contributed by atoms with Gasteiger partial charge in [0.15, 0.2) is 0 Å². The number of nitrogens with one attached hydrogen (secondary N) is 1. The first-order valence-corrected chi connectivity index (χ1v) is 6.64. The zero-order valence-corrected chi connectivity index (χ0v) is 11.7. The number of anilines is 1. The second-order valence-corrected chi connectivity index (χ2v) is 4.91. The molecule has 1 heterocycles. The lowest BCUT2D eigenvalue weighted by molar-refractivity contribution is -0.114. The number of rotatable bonds is 3. The lowest BCUT2D eigenvalue weighted by Gasteiger charge is -2.06. The Bertz CT molecular complexity index is 649. The van der Waals surface area contributed by atoms with Crippen molar-refractivity contribution < 1.29 is 18.7 Å². The largest absolute Gasteiger partial charge is 0.465 e. The number of amides is 1. The number of ether oxygens (including phenoxy) is 1. The SMILES string of the molecule is COC(=O)c1c(-c2ccc(F)cc2)csc1NC(C)=O. The number of hydrogen-bond donors (Lipinski definition) is 1. The molecule has 4 nitrogen and oxygen atoms in total. The molecule has 0 atom stereocenters. The van der Waals surface area contributed by atoms with Gasteiger partial charge in [0, 0.05) is 17.9 Å². The van der Waals surface area contributed by atoms with Crippen molar-refractivity contribution in [2.24, 2.45) is 0 Å². The molecule has 1 aromatic carbocycles. The summed E-state index contributed by atoms with van der Waals surface area (Å²) in [6, 6.07) is 5.76. The summed E-state index contributed by atoms with van der Waals surface area (Å²) in [7, 11) is 1.27. The van der Waals surface area contributed by atoms with Gasteiger partial charge in [0.25, 0.3) is 0 Å². The van der Waals surface area contributed by atoms with Crippen molar-refractivity contribution in [3.05, 3.63) is 41.0 Å². The van der Waals surface area contributed by atoms with Crippen LogP contribution in [0, 0.1) is 5.82 Å². The first kappa shape index (κ1) is 14.2. The van der Waals surface area contributed by atoms with Gasteiger partial charge in [-0.25, -0.2) is 9.18 Å². The van der Waals surface area contributed by atoms with Crippen molar-refractivity contribution in [3.63, 3.8) is 0 Å². The summed E-state index contributed by atoms with van der Waals surface area (Å²) in [5.74, 6) is -1.18. The number of halogens is 1. The molecule has 0 aliphatic carbocycles. The van der Waals surface area contributed by atoms with E-state index in [-0.39, 0.29) is 17.3 Å². The molecule has 0 aliphatic heterocycles. The normalized spacial score (nSPS) is 10.2. The fourth-order valence-corrected chi connectivity index (χ4v) is 2.76. The maximum absolute atomic E-state index is 13.0. The molecule has 0 radical (unpaired) electrons. The first-order valence-electron chi connectivity index (χ1n) is 5.76. The number of thiophene rings is 1. The topological polar surface area (TPSA) is 55.4 Å². The fourth-order valence-electron chi connectivity index (χ4n) is 1.76. The zero-order valence-electron chi connectivity index (χ0n) is 10.9. The molecule has 0 unspecified atom stereocenters. The minimum atomic E-state index is -0.547. The van der Waals surface area contributed by atoms with Gasteiger partial charge >= 0.3 is 5.97 Å². The predicted molar refractivity (Wildman–Crippen MR) is 75.4 cm³/mol. The van der Waals surface area contributed by atoms with Crippen LogP contribution in [-0.4, -0.2) is 19.0 Å². The van der Waals surface area contributed by atoms with Gasteiger partial charge in [0.1, 0.15) is 16.4 Å². The second kappa shape index (κ2) is 5.83. The van der Waals surface area contributed by atoms with E-state index in [4.69, 9.17) is 4.74 Å². The van der Waals surface area contributed by atoms with Crippen LogP contribution in [0.15, 0.2) is 29.6 Å². The molecule has 0 saturated heterocycles. The molecule has 1 amide bonds. The van der Waals surface area contributed by atoms with Gasteiger partial charge < -0.3 is 10.1 Å². The van der Waals surface area contributed by atoms with Crippen LogP contribution in [0.1, 0.15) is 17.3 Å². The predicted octanol–water partition coefficient (Wildman–Crippen LogP) is 3.30. The standard InChI is InChI=1S/C14H12FNO3S/c1-8(17)16-13-12(14(18)19-2)11(7-20-13)9-3-5-10(15)6-4-9/h3-7H,1-2H3,(H,16,17). The summed E-state index contributed by atoms with van der Waals surface area (Å²) in [5.41, 5.74) is 1.56. The molecule has 0 bridgehead atoms. The van der Waals surface area contributed by atoms with Crippen molar-refractivity contribution in [2.75, 3.05) is 12.4 Å². The minimum absolute atomic E-state index is 0.275. The summed E-state index contributed by atoms with van der Waals surface area (Å²) in [5, 5.41) is 4.74. The van der Waals surface area contributed by atoms with Gasteiger partial charge in [-0.1, -0.05) is 12.1 Å². The number of benzene rings is 1. The third-order valence-electron chi connectivity index (χ3n) is 2.63. The van der Waals surface area contributed by atoms with E-state index in [0.29, 0.717) is 16.1 Å². The number of methoxy groups -OCH3 is 1. The van der Waals surface area contributed by atoms with Crippen molar-refractivity contribution in [1.82, 2.24) is 0 Å². The van der Waals surface area contributed by atoms with E-state index in [9.17, 15) is 14.0 Å². The number of carbonyl (C=O) groups is 2. The lowest BCUT2D eigenvalue weighted by atomic mass is 10.0. The van der Waals surface area contributed by atoms with E-state index < -0.39 is 5.97 Å². The van der Waals surface area contributed by atoms with Gasteiger partial charge in [-0.2, -0.15) is 0 Å². The minimum Gasteiger partial charge on any atom is -0.465 e. The third-order valence-corrected chi connectivity index (χ3v) is 3.52. The van der Waals surface area contributed by atoms with E-state index in [0.717, 1.165) is 0 Å². The summed E-state index contributed by atoms with van der Waals surface area (Å²) >= 11 is 1.22. The highest BCUT2D eigenvalue weighted by molar-refractivity contribution is 7.15. The Kier molecular flexibility index (Phi) is 4.14. The van der Waals surface area contributed by atoms with E-state index in [1.807, 2.05) is 0 Å². The number of carbonyl (C=O) groups excluding carboxylic acids is 2. The molecule has 20 heavy (non-hydrogen) atoms. The molecule has 0 aliphatic rings. The maximum atomic E-state index is 13.0. The zero-order chi connectivity index (χ0) is 14.7. The summed E-state index contributed by atoms with van der Waals surface area (Å²) in [4.78, 5) is 23.1. The Morgan fingerprint density at radius 2 is 1.90 bits per heavy atom. The Labute approximate surface area is 119 Å².